The van der Waals surface area contributed by atoms with Gasteiger partial charge in [0.25, 0.3) is 0 Å². The summed E-state index contributed by atoms with van der Waals surface area (Å²) in [5.74, 6) is 0. The fourth-order valence-corrected chi connectivity index (χ4v) is 2.33. The van der Waals surface area contributed by atoms with Crippen LogP contribution in [0, 0.1) is 0 Å². The van der Waals surface area contributed by atoms with Gasteiger partial charge in [-0.2, -0.15) is 0 Å². The largest absolute Gasteiger partial charge is 0.424 e. The minimum absolute atomic E-state index is 0.312. The molecule has 0 aliphatic rings. The quantitative estimate of drug-likeness (QED) is 0.730. The fraction of sp³-hybridized carbons (Fsp3) is 0.200. The van der Waals surface area contributed by atoms with Crippen LogP contribution >= 0.6 is 0 Å². The first-order chi connectivity index (χ1) is 8.38. The Labute approximate surface area is 106 Å². The Hall–Kier alpha value is -1.38. The van der Waals surface area contributed by atoms with Gasteiger partial charge in [0, 0.05) is 0 Å². The third-order valence-corrected chi connectivity index (χ3v) is 3.61. The van der Waals surface area contributed by atoms with Crippen molar-refractivity contribution in [2.24, 2.45) is 0 Å². The molecule has 0 spiro atoms. The predicted octanol–water partition coefficient (Wildman–Crippen LogP) is 2.14. The molecule has 0 saturated carbocycles. The van der Waals surface area contributed by atoms with Crippen molar-refractivity contribution in [1.29, 1.82) is 0 Å². The van der Waals surface area contributed by atoms with Crippen molar-refractivity contribution in [3.05, 3.63) is 71.8 Å². The summed E-state index contributed by atoms with van der Waals surface area (Å²) in [7, 11) is 0.794. The van der Waals surface area contributed by atoms with Crippen molar-refractivity contribution in [3.8, 4) is 0 Å². The minimum Gasteiger partial charge on any atom is -0.424 e. The predicted molar refractivity (Wildman–Crippen MR) is 75.1 cm³/mol. The molecule has 1 nitrogen and oxygen atoms in total. The van der Waals surface area contributed by atoms with Crippen LogP contribution in [0.15, 0.2) is 60.7 Å². The highest BCUT2D eigenvalue weighted by Gasteiger charge is 2.08. The molecule has 0 unspecified atom stereocenters. The molecule has 0 heterocycles. The smallest absolute Gasteiger partial charge is 0.146 e. The van der Waals surface area contributed by atoms with E-state index < -0.39 is 0 Å². The first-order valence-corrected chi connectivity index (χ1v) is 6.81. The molecule has 0 aliphatic carbocycles. The number of rotatable bonds is 5. The molecule has 0 aliphatic heterocycles. The van der Waals surface area contributed by atoms with E-state index in [1.54, 1.807) is 0 Å². The summed E-state index contributed by atoms with van der Waals surface area (Å²) in [6.45, 7) is 0. The Bertz CT molecular complexity index is 386. The molecule has 0 fully saturated rings. The number of hydrogen-bond acceptors (Lipinski definition) is 1. The van der Waals surface area contributed by atoms with Crippen molar-refractivity contribution < 1.29 is 4.43 Å². The molecule has 0 saturated heterocycles. The lowest BCUT2D eigenvalue weighted by Gasteiger charge is -2.16. The van der Waals surface area contributed by atoms with E-state index in [1.807, 2.05) is 0 Å². The zero-order chi connectivity index (χ0) is 11.9. The van der Waals surface area contributed by atoms with Crippen LogP contribution in [0.2, 0.25) is 0 Å². The van der Waals surface area contributed by atoms with Crippen molar-refractivity contribution in [2.45, 2.75) is 18.9 Å². The lowest BCUT2D eigenvalue weighted by Crippen LogP contribution is -2.17. The van der Waals surface area contributed by atoms with Crippen LogP contribution in [0.25, 0.3) is 0 Å². The molecular weight excluding hydrogens is 224 g/mol. The first-order valence-electron chi connectivity index (χ1n) is 5.99. The lowest BCUT2D eigenvalue weighted by molar-refractivity contribution is 0.222. The Balaban J connectivity index is 1.98. The maximum Gasteiger partial charge on any atom is 0.146 e. The SMILES string of the molecule is [SiH3]OC(Cc1ccccc1)Cc1ccccc1. The zero-order valence-corrected chi connectivity index (χ0v) is 12.2. The van der Waals surface area contributed by atoms with Crippen LogP contribution < -0.4 is 0 Å². The van der Waals surface area contributed by atoms with Crippen molar-refractivity contribution in [2.75, 3.05) is 0 Å². The van der Waals surface area contributed by atoms with Crippen LogP contribution in [0.1, 0.15) is 11.1 Å². The van der Waals surface area contributed by atoms with Crippen molar-refractivity contribution >= 4 is 10.5 Å². The van der Waals surface area contributed by atoms with Crippen LogP contribution in [-0.4, -0.2) is 16.6 Å². The Morgan fingerprint density at radius 3 is 1.53 bits per heavy atom. The van der Waals surface area contributed by atoms with E-state index in [2.05, 4.69) is 60.7 Å². The van der Waals surface area contributed by atoms with Gasteiger partial charge in [-0.05, 0) is 24.0 Å². The monoisotopic (exact) mass is 242 g/mol. The van der Waals surface area contributed by atoms with Gasteiger partial charge in [0.15, 0.2) is 0 Å². The summed E-state index contributed by atoms with van der Waals surface area (Å²) in [5.41, 5.74) is 2.70. The Kier molecular flexibility index (Phi) is 4.53. The second kappa shape index (κ2) is 6.38. The van der Waals surface area contributed by atoms with Crippen molar-refractivity contribution in [1.82, 2.24) is 0 Å². The van der Waals surface area contributed by atoms with Crippen LogP contribution in [0.3, 0.4) is 0 Å². The van der Waals surface area contributed by atoms with Gasteiger partial charge in [-0.1, -0.05) is 60.7 Å². The molecule has 0 atom stereocenters. The molecule has 2 rings (SSSR count). The summed E-state index contributed by atoms with van der Waals surface area (Å²) >= 11 is 0. The third-order valence-electron chi connectivity index (χ3n) is 2.95. The van der Waals surface area contributed by atoms with E-state index in [0.717, 1.165) is 23.3 Å². The molecule has 88 valence electrons. The van der Waals surface area contributed by atoms with E-state index in [9.17, 15) is 0 Å². The molecule has 2 aromatic rings. The maximum atomic E-state index is 5.70. The summed E-state index contributed by atoms with van der Waals surface area (Å²) in [5, 5.41) is 0. The van der Waals surface area contributed by atoms with E-state index >= 15 is 0 Å². The molecule has 17 heavy (non-hydrogen) atoms. The maximum absolute atomic E-state index is 5.70. The van der Waals surface area contributed by atoms with Crippen LogP contribution in [0.5, 0.6) is 0 Å². The zero-order valence-electron chi connectivity index (χ0n) is 10.2. The minimum atomic E-state index is 0.312. The van der Waals surface area contributed by atoms with Gasteiger partial charge in [-0.15, -0.1) is 0 Å². The molecule has 0 N–H and O–H groups in total. The van der Waals surface area contributed by atoms with Gasteiger partial charge in [0.1, 0.15) is 10.5 Å². The third kappa shape index (κ3) is 3.84. The molecule has 0 amide bonds. The van der Waals surface area contributed by atoms with E-state index in [-0.39, 0.29) is 0 Å². The normalized spacial score (nSPS) is 10.9. The lowest BCUT2D eigenvalue weighted by atomic mass is 10.0. The van der Waals surface area contributed by atoms with E-state index in [1.165, 1.54) is 11.1 Å². The fourth-order valence-electron chi connectivity index (χ4n) is 1.99. The molecular formula is C15H18OSi. The second-order valence-corrected chi connectivity index (χ2v) is 4.71. The van der Waals surface area contributed by atoms with E-state index in [0.29, 0.717) is 6.10 Å². The van der Waals surface area contributed by atoms with Gasteiger partial charge < -0.3 is 4.43 Å². The topological polar surface area (TPSA) is 9.23 Å². The summed E-state index contributed by atoms with van der Waals surface area (Å²) in [6.07, 6.45) is 2.31. The standard InChI is InChI=1S/C15H18OSi/c17-16-15(11-13-7-3-1-4-8-13)12-14-9-5-2-6-10-14/h1-10,15H,11-12H2,17H3. The Morgan fingerprint density at radius 1 is 0.765 bits per heavy atom. The van der Waals surface area contributed by atoms with Gasteiger partial charge in [0.05, 0.1) is 6.10 Å². The van der Waals surface area contributed by atoms with Gasteiger partial charge >= 0.3 is 0 Å². The number of hydrogen-bond donors (Lipinski definition) is 0. The summed E-state index contributed by atoms with van der Waals surface area (Å²) in [4.78, 5) is 0. The highest BCUT2D eigenvalue weighted by atomic mass is 28.2. The molecule has 2 aromatic carbocycles. The highest BCUT2D eigenvalue weighted by Crippen LogP contribution is 2.11. The second-order valence-electron chi connectivity index (χ2n) is 4.24. The molecule has 0 bridgehead atoms. The first kappa shape index (κ1) is 12.1. The van der Waals surface area contributed by atoms with Crippen LogP contribution in [0.4, 0.5) is 0 Å². The van der Waals surface area contributed by atoms with E-state index in [4.69, 9.17) is 4.43 Å². The van der Waals surface area contributed by atoms with Gasteiger partial charge in [0.2, 0.25) is 0 Å². The molecule has 0 radical (unpaired) electrons. The average molecular weight is 242 g/mol. The van der Waals surface area contributed by atoms with Crippen molar-refractivity contribution in [3.63, 3.8) is 0 Å². The summed E-state index contributed by atoms with van der Waals surface area (Å²) < 4.78 is 5.70. The molecule has 2 heteroatoms. The number of benzene rings is 2. The Morgan fingerprint density at radius 2 is 1.18 bits per heavy atom. The van der Waals surface area contributed by atoms with Gasteiger partial charge in [-0.25, -0.2) is 0 Å². The summed E-state index contributed by atoms with van der Waals surface area (Å²) in [6, 6.07) is 21.1. The highest BCUT2D eigenvalue weighted by molar-refractivity contribution is 5.98. The molecule has 0 aromatic heterocycles. The average Bonchev–Trinajstić information content (AvgIpc) is 2.40. The van der Waals surface area contributed by atoms with Gasteiger partial charge in [-0.3, -0.25) is 0 Å². The van der Waals surface area contributed by atoms with Crippen LogP contribution in [-0.2, 0) is 17.3 Å².